The van der Waals surface area contributed by atoms with Crippen LogP contribution in [0.15, 0.2) is 60.8 Å². The van der Waals surface area contributed by atoms with E-state index in [1.807, 2.05) is 6.07 Å². The molecule has 0 saturated heterocycles. The normalized spacial score (nSPS) is 10.1. The smallest absolute Gasteiger partial charge is 0.322 e. The highest BCUT2D eigenvalue weighted by atomic mass is 19.2. The number of carboxylic acids is 1. The molecule has 0 aliphatic rings. The van der Waals surface area contributed by atoms with E-state index in [0.29, 0.717) is 16.9 Å². The van der Waals surface area contributed by atoms with Crippen LogP contribution >= 0.6 is 0 Å². The first-order chi connectivity index (χ1) is 15.3. The average molecular weight is 437 g/mol. The number of para-hydroxylation sites is 1. The molecule has 1 amide bonds. The molecule has 1 heterocycles. The highest BCUT2D eigenvalue weighted by molar-refractivity contribution is 5.96. The predicted octanol–water partition coefficient (Wildman–Crippen LogP) is 3.07. The number of rotatable bonds is 6. The minimum Gasteiger partial charge on any atom is -0.505 e. The van der Waals surface area contributed by atoms with E-state index in [-0.39, 0.29) is 12.2 Å². The zero-order valence-electron chi connectivity index (χ0n) is 16.5. The van der Waals surface area contributed by atoms with Gasteiger partial charge < -0.3 is 20.4 Å². The summed E-state index contributed by atoms with van der Waals surface area (Å²) in [4.78, 5) is 27.9. The summed E-state index contributed by atoms with van der Waals surface area (Å²) in [6.07, 6.45) is 1.26. The van der Waals surface area contributed by atoms with Crippen molar-refractivity contribution in [2.24, 2.45) is 0 Å². The fourth-order valence-corrected chi connectivity index (χ4v) is 2.75. The maximum atomic E-state index is 13.8. The Hall–Kier alpha value is -4.45. The monoisotopic (exact) mass is 437 g/mol. The molecule has 162 valence electrons. The number of aliphatic carboxylic acids is 1. The number of aromatic nitrogens is 1. The summed E-state index contributed by atoms with van der Waals surface area (Å²) in [5.74, 6) is 1.20. The zero-order chi connectivity index (χ0) is 23.1. The zero-order valence-corrected chi connectivity index (χ0v) is 16.5. The van der Waals surface area contributed by atoms with Crippen molar-refractivity contribution in [2.45, 2.75) is 0 Å². The van der Waals surface area contributed by atoms with E-state index in [0.717, 1.165) is 12.1 Å². The molecule has 3 rings (SSSR count). The topological polar surface area (TPSA) is 103 Å². The van der Waals surface area contributed by atoms with E-state index in [1.54, 1.807) is 29.2 Å². The third kappa shape index (κ3) is 5.58. The number of benzene rings is 2. The molecular weight excluding hydrogens is 420 g/mol. The van der Waals surface area contributed by atoms with Gasteiger partial charge in [0, 0.05) is 29.2 Å². The molecule has 0 spiro atoms. The van der Waals surface area contributed by atoms with Crippen LogP contribution in [0.25, 0.3) is 0 Å². The van der Waals surface area contributed by atoms with Gasteiger partial charge in [-0.05, 0) is 30.3 Å². The molecule has 0 bridgehead atoms. The van der Waals surface area contributed by atoms with Crippen molar-refractivity contribution in [1.82, 2.24) is 10.3 Å². The van der Waals surface area contributed by atoms with Crippen molar-refractivity contribution in [2.75, 3.05) is 18.0 Å². The Kier molecular flexibility index (Phi) is 6.98. The molecule has 0 radical (unpaired) electrons. The predicted molar refractivity (Wildman–Crippen MR) is 113 cm³/mol. The Bertz CT molecular complexity index is 1210. The van der Waals surface area contributed by atoms with Crippen LogP contribution in [-0.4, -0.2) is 40.2 Å². The maximum Gasteiger partial charge on any atom is 0.322 e. The van der Waals surface area contributed by atoms with Crippen molar-refractivity contribution < 1.29 is 28.6 Å². The Morgan fingerprint density at radius 2 is 1.78 bits per heavy atom. The summed E-state index contributed by atoms with van der Waals surface area (Å²) in [6.45, 7) is -0.502. The van der Waals surface area contributed by atoms with Crippen LogP contribution in [0.5, 0.6) is 5.75 Å². The highest BCUT2D eigenvalue weighted by Crippen LogP contribution is 2.26. The maximum absolute atomic E-state index is 13.8. The molecule has 3 N–H and O–H groups in total. The lowest BCUT2D eigenvalue weighted by atomic mass is 10.2. The fraction of sp³-hybridized carbons (Fsp3) is 0.0870. The molecule has 0 atom stereocenters. The van der Waals surface area contributed by atoms with Gasteiger partial charge in [-0.1, -0.05) is 30.0 Å². The lowest BCUT2D eigenvalue weighted by Gasteiger charge is -2.22. The minimum atomic E-state index is -1.23. The SMILES string of the molecule is O=C(O)CNC(=O)c1ncc(C#CCN(c2ccccc2)c2ccc(F)c(F)c2)cc1O. The Labute approximate surface area is 182 Å². The second-order valence-electron chi connectivity index (χ2n) is 6.49. The molecule has 0 saturated carbocycles. The second-order valence-corrected chi connectivity index (χ2v) is 6.49. The van der Waals surface area contributed by atoms with Gasteiger partial charge in [-0.25, -0.2) is 13.8 Å². The molecular formula is C23H17F2N3O4. The number of hydrogen-bond donors (Lipinski definition) is 3. The molecule has 3 aromatic rings. The number of carbonyl (C=O) groups is 2. The largest absolute Gasteiger partial charge is 0.505 e. The van der Waals surface area contributed by atoms with Crippen LogP contribution in [0.3, 0.4) is 0 Å². The number of hydrogen-bond acceptors (Lipinski definition) is 5. The Morgan fingerprint density at radius 3 is 2.44 bits per heavy atom. The van der Waals surface area contributed by atoms with Gasteiger partial charge in [-0.3, -0.25) is 9.59 Å². The van der Waals surface area contributed by atoms with Gasteiger partial charge in [0.15, 0.2) is 17.3 Å². The minimum absolute atomic E-state index is 0.108. The third-order valence-corrected chi connectivity index (χ3v) is 4.24. The molecule has 0 fully saturated rings. The van der Waals surface area contributed by atoms with Gasteiger partial charge >= 0.3 is 5.97 Å². The van der Waals surface area contributed by atoms with Crippen LogP contribution in [0.2, 0.25) is 0 Å². The van der Waals surface area contributed by atoms with E-state index in [9.17, 15) is 23.5 Å². The number of amides is 1. The summed E-state index contributed by atoms with van der Waals surface area (Å²) >= 11 is 0. The fourth-order valence-electron chi connectivity index (χ4n) is 2.75. The Morgan fingerprint density at radius 1 is 1.03 bits per heavy atom. The molecule has 0 aliphatic carbocycles. The van der Waals surface area contributed by atoms with Gasteiger partial charge in [0.1, 0.15) is 12.3 Å². The highest BCUT2D eigenvalue weighted by Gasteiger charge is 2.14. The summed E-state index contributed by atoms with van der Waals surface area (Å²) in [7, 11) is 0. The van der Waals surface area contributed by atoms with Crippen molar-refractivity contribution in [3.63, 3.8) is 0 Å². The number of halogens is 2. The van der Waals surface area contributed by atoms with Gasteiger partial charge in [0.05, 0.1) is 6.54 Å². The van der Waals surface area contributed by atoms with Gasteiger partial charge in [0.25, 0.3) is 5.91 Å². The molecule has 2 aromatic carbocycles. The van der Waals surface area contributed by atoms with E-state index < -0.39 is 35.8 Å². The van der Waals surface area contributed by atoms with Crippen molar-refractivity contribution in [1.29, 1.82) is 0 Å². The van der Waals surface area contributed by atoms with Crippen molar-refractivity contribution >= 4 is 23.3 Å². The lowest BCUT2D eigenvalue weighted by molar-refractivity contribution is -0.135. The first kappa shape index (κ1) is 22.2. The molecule has 1 aromatic heterocycles. The summed E-state index contributed by atoms with van der Waals surface area (Å²) in [5.41, 5.74) is 1.08. The number of carboxylic acid groups (broad SMARTS) is 1. The second kappa shape index (κ2) is 10.0. The van der Waals surface area contributed by atoms with Gasteiger partial charge in [-0.15, -0.1) is 0 Å². The standard InChI is InChI=1S/C23H17F2N3O4/c24-18-9-8-17(12-19(18)25)28(16-6-2-1-3-7-16)10-4-5-15-11-20(29)22(26-13-15)23(32)27-14-21(30)31/h1-3,6-9,11-13,29H,10,14H2,(H,27,32)(H,30,31). The molecule has 7 nitrogen and oxygen atoms in total. The molecule has 9 heteroatoms. The quantitative estimate of drug-likeness (QED) is 0.513. The molecule has 0 unspecified atom stereocenters. The van der Waals surface area contributed by atoms with Crippen LogP contribution in [0, 0.1) is 23.5 Å². The van der Waals surface area contributed by atoms with E-state index in [2.05, 4.69) is 22.1 Å². The average Bonchev–Trinajstić information content (AvgIpc) is 2.78. The number of nitrogens with one attached hydrogen (secondary N) is 1. The van der Waals surface area contributed by atoms with Gasteiger partial charge in [0.2, 0.25) is 0 Å². The van der Waals surface area contributed by atoms with Crippen LogP contribution in [0.1, 0.15) is 16.1 Å². The van der Waals surface area contributed by atoms with Gasteiger partial charge in [-0.2, -0.15) is 0 Å². The van der Waals surface area contributed by atoms with Crippen LogP contribution in [-0.2, 0) is 4.79 Å². The van der Waals surface area contributed by atoms with Crippen LogP contribution in [0.4, 0.5) is 20.2 Å². The van der Waals surface area contributed by atoms with E-state index in [4.69, 9.17) is 5.11 Å². The van der Waals surface area contributed by atoms with E-state index >= 15 is 0 Å². The summed E-state index contributed by atoms with van der Waals surface area (Å²) in [6, 6.07) is 13.8. The number of nitrogens with zero attached hydrogens (tertiary/aromatic N) is 2. The summed E-state index contributed by atoms with van der Waals surface area (Å²) < 4.78 is 27.1. The molecule has 32 heavy (non-hydrogen) atoms. The first-order valence-corrected chi connectivity index (χ1v) is 9.30. The number of aromatic hydroxyl groups is 1. The number of carbonyl (C=O) groups excluding carboxylic acids is 1. The van der Waals surface area contributed by atoms with Crippen LogP contribution < -0.4 is 10.2 Å². The number of anilines is 2. The molecule has 0 aliphatic heterocycles. The van der Waals surface area contributed by atoms with Crippen molar-refractivity contribution in [3.05, 3.63) is 83.7 Å². The van der Waals surface area contributed by atoms with E-state index in [1.165, 1.54) is 18.3 Å². The lowest BCUT2D eigenvalue weighted by Crippen LogP contribution is -2.29. The third-order valence-electron chi connectivity index (χ3n) is 4.24. The first-order valence-electron chi connectivity index (χ1n) is 9.30. The van der Waals surface area contributed by atoms with Crippen molar-refractivity contribution in [3.8, 4) is 17.6 Å². The Balaban J connectivity index is 1.81. The number of pyridine rings is 1. The summed E-state index contributed by atoms with van der Waals surface area (Å²) in [5, 5.41) is 20.7.